The van der Waals surface area contributed by atoms with Crippen LogP contribution in [0.1, 0.15) is 10.4 Å². The van der Waals surface area contributed by atoms with E-state index in [1.807, 2.05) is 0 Å². The Bertz CT molecular complexity index is 957. The van der Waals surface area contributed by atoms with Crippen molar-refractivity contribution < 1.29 is 22.7 Å². The molecule has 1 saturated heterocycles. The second kappa shape index (κ2) is 8.72. The molecular formula is C19H19ClN2O5S. The Morgan fingerprint density at radius 1 is 0.929 bits per heavy atom. The molecule has 1 amide bonds. The first-order chi connectivity index (χ1) is 13.4. The normalized spacial score (nSPS) is 15.2. The Morgan fingerprint density at radius 2 is 1.54 bits per heavy atom. The molecular weight excluding hydrogens is 404 g/mol. The molecule has 0 radical (unpaired) electrons. The monoisotopic (exact) mass is 422 g/mol. The average molecular weight is 423 g/mol. The third-order valence-corrected chi connectivity index (χ3v) is 6.64. The minimum Gasteiger partial charge on any atom is -0.452 e. The predicted molar refractivity (Wildman–Crippen MR) is 104 cm³/mol. The molecule has 0 atom stereocenters. The van der Waals surface area contributed by atoms with Crippen LogP contribution < -0.4 is 0 Å². The number of hydrogen-bond acceptors (Lipinski definition) is 5. The lowest BCUT2D eigenvalue weighted by Gasteiger charge is -2.33. The first-order valence-electron chi connectivity index (χ1n) is 8.64. The largest absolute Gasteiger partial charge is 0.452 e. The van der Waals surface area contributed by atoms with Crippen molar-refractivity contribution in [1.82, 2.24) is 9.21 Å². The second-order valence-electron chi connectivity index (χ2n) is 6.15. The fourth-order valence-electron chi connectivity index (χ4n) is 2.84. The number of amides is 1. The van der Waals surface area contributed by atoms with Crippen LogP contribution in [0.25, 0.3) is 0 Å². The third kappa shape index (κ3) is 4.52. The lowest BCUT2D eigenvalue weighted by atomic mass is 10.2. The number of hydrogen-bond donors (Lipinski definition) is 0. The van der Waals surface area contributed by atoms with Crippen LogP contribution in [0.2, 0.25) is 5.02 Å². The highest BCUT2D eigenvalue weighted by Crippen LogP contribution is 2.18. The standard InChI is InChI=1S/C19H19ClN2O5S/c20-17-9-5-4-8-16(17)19(24)27-14-18(23)21-10-12-22(13-11-21)28(25,26)15-6-2-1-3-7-15/h1-9H,10-14H2. The highest BCUT2D eigenvalue weighted by Gasteiger charge is 2.30. The molecule has 0 saturated carbocycles. The van der Waals surface area contributed by atoms with Crippen molar-refractivity contribution in [1.29, 1.82) is 0 Å². The molecule has 0 spiro atoms. The first-order valence-corrected chi connectivity index (χ1v) is 10.5. The molecule has 2 aromatic rings. The van der Waals surface area contributed by atoms with E-state index in [9.17, 15) is 18.0 Å². The van der Waals surface area contributed by atoms with Crippen LogP contribution >= 0.6 is 11.6 Å². The van der Waals surface area contributed by atoms with Gasteiger partial charge in [0.15, 0.2) is 6.61 Å². The number of halogens is 1. The van der Waals surface area contributed by atoms with E-state index in [-0.39, 0.29) is 47.6 Å². The van der Waals surface area contributed by atoms with Crippen molar-refractivity contribution in [2.45, 2.75) is 4.90 Å². The summed E-state index contributed by atoms with van der Waals surface area (Å²) in [7, 11) is -3.58. The van der Waals surface area contributed by atoms with Crippen LogP contribution in [0.5, 0.6) is 0 Å². The summed E-state index contributed by atoms with van der Waals surface area (Å²) in [6, 6.07) is 14.6. The van der Waals surface area contributed by atoms with Gasteiger partial charge >= 0.3 is 5.97 Å². The summed E-state index contributed by atoms with van der Waals surface area (Å²) in [5, 5.41) is 0.250. The van der Waals surface area contributed by atoms with E-state index in [0.717, 1.165) is 0 Å². The van der Waals surface area contributed by atoms with E-state index < -0.39 is 22.6 Å². The van der Waals surface area contributed by atoms with Crippen molar-refractivity contribution in [3.05, 3.63) is 65.2 Å². The number of sulfonamides is 1. The minimum absolute atomic E-state index is 0.182. The van der Waals surface area contributed by atoms with Gasteiger partial charge in [-0.2, -0.15) is 4.31 Å². The van der Waals surface area contributed by atoms with Gasteiger partial charge in [-0.15, -0.1) is 0 Å². The lowest BCUT2D eigenvalue weighted by Crippen LogP contribution is -2.51. The maximum atomic E-state index is 12.6. The fraction of sp³-hybridized carbons (Fsp3) is 0.263. The molecule has 28 heavy (non-hydrogen) atoms. The van der Waals surface area contributed by atoms with Gasteiger partial charge in [-0.05, 0) is 24.3 Å². The van der Waals surface area contributed by atoms with Crippen LogP contribution in [0, 0.1) is 0 Å². The van der Waals surface area contributed by atoms with Crippen molar-refractivity contribution in [2.24, 2.45) is 0 Å². The van der Waals surface area contributed by atoms with Gasteiger partial charge in [0, 0.05) is 26.2 Å². The van der Waals surface area contributed by atoms with E-state index in [2.05, 4.69) is 0 Å². The Balaban J connectivity index is 1.53. The van der Waals surface area contributed by atoms with Gasteiger partial charge in [0.2, 0.25) is 10.0 Å². The molecule has 0 N–H and O–H groups in total. The number of nitrogens with zero attached hydrogens (tertiary/aromatic N) is 2. The zero-order valence-corrected chi connectivity index (χ0v) is 16.5. The summed E-state index contributed by atoms with van der Waals surface area (Å²) in [4.78, 5) is 26.0. The van der Waals surface area contributed by atoms with Crippen LogP contribution in [-0.2, 0) is 19.6 Å². The number of ether oxygens (including phenoxy) is 1. The Morgan fingerprint density at radius 3 is 2.18 bits per heavy atom. The number of carbonyl (C=O) groups is 2. The highest BCUT2D eigenvalue weighted by molar-refractivity contribution is 7.89. The molecule has 0 aromatic heterocycles. The quantitative estimate of drug-likeness (QED) is 0.688. The Kier molecular flexibility index (Phi) is 6.33. The van der Waals surface area contributed by atoms with E-state index in [0.29, 0.717) is 0 Å². The van der Waals surface area contributed by atoms with Crippen molar-refractivity contribution in [2.75, 3.05) is 32.8 Å². The van der Waals surface area contributed by atoms with Gasteiger partial charge in [0.05, 0.1) is 15.5 Å². The van der Waals surface area contributed by atoms with Gasteiger partial charge in [0.25, 0.3) is 5.91 Å². The van der Waals surface area contributed by atoms with Gasteiger partial charge in [-0.25, -0.2) is 13.2 Å². The van der Waals surface area contributed by atoms with Gasteiger partial charge in [0.1, 0.15) is 0 Å². The smallest absolute Gasteiger partial charge is 0.340 e. The van der Waals surface area contributed by atoms with Crippen LogP contribution in [0.15, 0.2) is 59.5 Å². The number of benzene rings is 2. The Hall–Kier alpha value is -2.42. The molecule has 1 aliphatic rings. The maximum absolute atomic E-state index is 12.6. The van der Waals surface area contributed by atoms with Crippen LogP contribution in [0.3, 0.4) is 0 Å². The van der Waals surface area contributed by atoms with E-state index in [4.69, 9.17) is 16.3 Å². The molecule has 1 heterocycles. The number of rotatable bonds is 5. The molecule has 148 valence electrons. The molecule has 1 aliphatic heterocycles. The average Bonchev–Trinajstić information content (AvgIpc) is 2.73. The molecule has 3 rings (SSSR count). The van der Waals surface area contributed by atoms with Gasteiger partial charge in [-0.1, -0.05) is 41.9 Å². The molecule has 1 fully saturated rings. The summed E-state index contributed by atoms with van der Waals surface area (Å²) in [5.41, 5.74) is 0.191. The van der Waals surface area contributed by atoms with Gasteiger partial charge in [-0.3, -0.25) is 4.79 Å². The number of piperazine rings is 1. The first kappa shape index (κ1) is 20.3. The van der Waals surface area contributed by atoms with Crippen LogP contribution in [-0.4, -0.2) is 62.3 Å². The predicted octanol–water partition coefficient (Wildman–Crippen LogP) is 2.03. The summed E-state index contributed by atoms with van der Waals surface area (Å²) >= 11 is 5.93. The lowest BCUT2D eigenvalue weighted by molar-refractivity contribution is -0.135. The summed E-state index contributed by atoms with van der Waals surface area (Å²) in [6.45, 7) is 0.404. The summed E-state index contributed by atoms with van der Waals surface area (Å²) in [5.74, 6) is -1.05. The second-order valence-corrected chi connectivity index (χ2v) is 8.50. The molecule has 7 nitrogen and oxygen atoms in total. The van der Waals surface area contributed by atoms with E-state index >= 15 is 0 Å². The minimum atomic E-state index is -3.58. The molecule has 9 heteroatoms. The van der Waals surface area contributed by atoms with Crippen molar-refractivity contribution in [3.63, 3.8) is 0 Å². The number of carbonyl (C=O) groups excluding carboxylic acids is 2. The summed E-state index contributed by atoms with van der Waals surface area (Å²) < 4.78 is 31.6. The SMILES string of the molecule is O=C(OCC(=O)N1CCN(S(=O)(=O)c2ccccc2)CC1)c1ccccc1Cl. The highest BCUT2D eigenvalue weighted by atomic mass is 35.5. The van der Waals surface area contributed by atoms with E-state index in [1.165, 1.54) is 15.3 Å². The van der Waals surface area contributed by atoms with E-state index in [1.54, 1.807) is 48.5 Å². The topological polar surface area (TPSA) is 84.0 Å². The molecule has 2 aromatic carbocycles. The molecule has 0 unspecified atom stereocenters. The molecule has 0 bridgehead atoms. The third-order valence-electron chi connectivity index (χ3n) is 4.39. The van der Waals surface area contributed by atoms with Gasteiger partial charge < -0.3 is 9.64 Å². The zero-order chi connectivity index (χ0) is 20.1. The Labute approximate surface area is 168 Å². The van der Waals surface area contributed by atoms with Crippen LogP contribution in [0.4, 0.5) is 0 Å². The van der Waals surface area contributed by atoms with Crippen molar-refractivity contribution >= 4 is 33.5 Å². The number of esters is 1. The fourth-order valence-corrected chi connectivity index (χ4v) is 4.50. The maximum Gasteiger partial charge on any atom is 0.340 e. The van der Waals surface area contributed by atoms with Crippen molar-refractivity contribution in [3.8, 4) is 0 Å². The molecule has 0 aliphatic carbocycles. The zero-order valence-electron chi connectivity index (χ0n) is 15.0. The summed E-state index contributed by atoms with van der Waals surface area (Å²) in [6.07, 6.45) is 0.